The molecular weight excluding hydrogens is 414 g/mol. The average molecular weight is 434 g/mol. The predicted molar refractivity (Wildman–Crippen MR) is 117 cm³/mol. The first-order chi connectivity index (χ1) is 15.0. The van der Waals surface area contributed by atoms with Crippen LogP contribution in [-0.2, 0) is 22.5 Å². The minimum absolute atomic E-state index is 0.0776. The third-order valence-corrected chi connectivity index (χ3v) is 6.39. The number of carbonyl (C=O) groups excluding carboxylic acids is 1. The van der Waals surface area contributed by atoms with E-state index in [0.717, 1.165) is 33.4 Å². The van der Waals surface area contributed by atoms with Gasteiger partial charge in [0.2, 0.25) is 0 Å². The Kier molecular flexibility index (Phi) is 4.91. The van der Waals surface area contributed by atoms with Gasteiger partial charge in [0.05, 0.1) is 6.54 Å². The Hall–Kier alpha value is -3.31. The highest BCUT2D eigenvalue weighted by atomic mass is 35.5. The molecule has 0 spiro atoms. The number of halogens is 1. The summed E-state index contributed by atoms with van der Waals surface area (Å²) in [6.07, 6.45) is -0.397. The van der Waals surface area contributed by atoms with Crippen LogP contribution in [0.25, 0.3) is 11.1 Å². The molecule has 3 aromatic rings. The van der Waals surface area contributed by atoms with Crippen molar-refractivity contribution in [2.75, 3.05) is 6.61 Å². The van der Waals surface area contributed by atoms with Gasteiger partial charge < -0.3 is 9.84 Å². The molecule has 0 radical (unpaired) electrons. The Morgan fingerprint density at radius 2 is 1.61 bits per heavy atom. The Labute approximate surface area is 184 Å². The Morgan fingerprint density at radius 1 is 0.968 bits per heavy atom. The van der Waals surface area contributed by atoms with E-state index in [1.807, 2.05) is 42.5 Å². The van der Waals surface area contributed by atoms with E-state index in [1.54, 1.807) is 12.1 Å². The van der Waals surface area contributed by atoms with E-state index in [1.165, 1.54) is 4.90 Å². The average Bonchev–Trinajstić information content (AvgIpc) is 3.10. The fourth-order valence-electron chi connectivity index (χ4n) is 4.64. The predicted octanol–water partition coefficient (Wildman–Crippen LogP) is 5.10. The summed E-state index contributed by atoms with van der Waals surface area (Å²) < 4.78 is 5.70. The number of nitrogens with zero attached hydrogens (tertiary/aromatic N) is 1. The molecule has 0 saturated heterocycles. The molecule has 2 aliphatic rings. The van der Waals surface area contributed by atoms with Crippen LogP contribution in [0.15, 0.2) is 66.7 Å². The number of carboxylic acids is 1. The maximum atomic E-state index is 13.0. The van der Waals surface area contributed by atoms with Crippen molar-refractivity contribution in [1.29, 1.82) is 0 Å². The lowest BCUT2D eigenvalue weighted by Gasteiger charge is -2.34. The molecule has 1 atom stereocenters. The second-order valence-electron chi connectivity index (χ2n) is 7.90. The van der Waals surface area contributed by atoms with Crippen molar-refractivity contribution in [1.82, 2.24) is 4.90 Å². The number of fused-ring (bicyclic) bond motifs is 4. The van der Waals surface area contributed by atoms with Crippen LogP contribution >= 0.6 is 11.6 Å². The standard InChI is InChI=1S/C25H20ClNO4/c26-17-10-9-15-12-23(24(28)29)27(13-16(15)11-17)25(30)31-14-22-20-7-3-1-5-18(20)19-6-2-4-8-21(19)22/h1-11,22-23H,12-14H2,(H,28,29)/t23-/m1/s1. The van der Waals surface area contributed by atoms with E-state index < -0.39 is 18.1 Å². The first kappa shape index (κ1) is 19.6. The van der Waals surface area contributed by atoms with Gasteiger partial charge in [-0.3, -0.25) is 4.90 Å². The van der Waals surface area contributed by atoms with Crippen LogP contribution in [0.2, 0.25) is 5.02 Å². The minimum Gasteiger partial charge on any atom is -0.480 e. The molecule has 1 heterocycles. The number of carbonyl (C=O) groups is 2. The molecule has 5 rings (SSSR count). The van der Waals surface area contributed by atoms with Gasteiger partial charge in [0.1, 0.15) is 12.6 Å². The summed E-state index contributed by atoms with van der Waals surface area (Å²) >= 11 is 6.09. The van der Waals surface area contributed by atoms with Crippen LogP contribution in [-0.4, -0.2) is 34.7 Å². The molecule has 31 heavy (non-hydrogen) atoms. The molecule has 0 bridgehead atoms. The zero-order chi connectivity index (χ0) is 21.5. The summed E-state index contributed by atoms with van der Waals surface area (Å²) in [6.45, 7) is 0.307. The second kappa shape index (κ2) is 7.75. The van der Waals surface area contributed by atoms with Crippen molar-refractivity contribution in [2.45, 2.75) is 24.9 Å². The monoisotopic (exact) mass is 433 g/mol. The molecule has 1 amide bonds. The van der Waals surface area contributed by atoms with Gasteiger partial charge in [0.25, 0.3) is 0 Å². The Bertz CT molecular complexity index is 1150. The summed E-state index contributed by atoms with van der Waals surface area (Å²) in [5.41, 5.74) is 6.25. The van der Waals surface area contributed by atoms with Crippen molar-refractivity contribution in [3.63, 3.8) is 0 Å². The highest BCUT2D eigenvalue weighted by Crippen LogP contribution is 2.44. The zero-order valence-corrected chi connectivity index (χ0v) is 17.4. The molecular formula is C25H20ClNO4. The quantitative estimate of drug-likeness (QED) is 0.624. The molecule has 5 nitrogen and oxygen atoms in total. The molecule has 1 N–H and O–H groups in total. The summed E-state index contributed by atoms with van der Waals surface area (Å²) in [7, 11) is 0. The number of hydrogen-bond donors (Lipinski definition) is 1. The van der Waals surface area contributed by atoms with Crippen LogP contribution in [0.1, 0.15) is 28.2 Å². The SMILES string of the molecule is O=C(O)[C@H]1Cc2ccc(Cl)cc2CN1C(=O)OCC1c2ccccc2-c2ccccc21. The van der Waals surface area contributed by atoms with E-state index in [9.17, 15) is 14.7 Å². The van der Waals surface area contributed by atoms with Crippen molar-refractivity contribution in [3.8, 4) is 11.1 Å². The molecule has 156 valence electrons. The van der Waals surface area contributed by atoms with Crippen LogP contribution in [0.3, 0.4) is 0 Å². The van der Waals surface area contributed by atoms with Gasteiger partial charge in [0.15, 0.2) is 0 Å². The summed E-state index contributed by atoms with van der Waals surface area (Å²) in [6, 6.07) is 20.6. The van der Waals surface area contributed by atoms with Crippen LogP contribution in [0, 0.1) is 0 Å². The molecule has 0 unspecified atom stereocenters. The number of rotatable bonds is 3. The lowest BCUT2D eigenvalue weighted by atomic mass is 9.94. The second-order valence-corrected chi connectivity index (χ2v) is 8.34. The highest BCUT2D eigenvalue weighted by molar-refractivity contribution is 6.30. The highest BCUT2D eigenvalue weighted by Gasteiger charge is 2.37. The minimum atomic E-state index is -1.05. The molecule has 0 saturated carbocycles. The zero-order valence-electron chi connectivity index (χ0n) is 16.6. The van der Waals surface area contributed by atoms with Crippen molar-refractivity contribution < 1.29 is 19.4 Å². The molecule has 1 aliphatic heterocycles. The number of hydrogen-bond acceptors (Lipinski definition) is 3. The maximum Gasteiger partial charge on any atom is 0.410 e. The van der Waals surface area contributed by atoms with Gasteiger partial charge in [0, 0.05) is 17.4 Å². The van der Waals surface area contributed by atoms with Gasteiger partial charge >= 0.3 is 12.1 Å². The number of benzene rings is 3. The fourth-order valence-corrected chi connectivity index (χ4v) is 4.84. The summed E-state index contributed by atoms with van der Waals surface area (Å²) in [5.74, 6) is -1.12. The largest absolute Gasteiger partial charge is 0.480 e. The topological polar surface area (TPSA) is 66.8 Å². The Balaban J connectivity index is 1.38. The third-order valence-electron chi connectivity index (χ3n) is 6.15. The number of ether oxygens (including phenoxy) is 1. The molecule has 3 aromatic carbocycles. The number of amides is 1. The van der Waals surface area contributed by atoms with Gasteiger partial charge in [-0.2, -0.15) is 0 Å². The van der Waals surface area contributed by atoms with Gasteiger partial charge in [-0.1, -0.05) is 66.2 Å². The summed E-state index contributed by atoms with van der Waals surface area (Å²) in [5, 5.41) is 10.3. The van der Waals surface area contributed by atoms with Crippen molar-refractivity contribution in [3.05, 3.63) is 94.0 Å². The lowest BCUT2D eigenvalue weighted by Crippen LogP contribution is -2.49. The number of carboxylic acid groups (broad SMARTS) is 1. The van der Waals surface area contributed by atoms with E-state index in [-0.39, 0.29) is 25.5 Å². The van der Waals surface area contributed by atoms with E-state index >= 15 is 0 Å². The summed E-state index contributed by atoms with van der Waals surface area (Å²) in [4.78, 5) is 26.1. The third kappa shape index (κ3) is 3.45. The lowest BCUT2D eigenvalue weighted by molar-refractivity contribution is -0.143. The Morgan fingerprint density at radius 3 is 2.26 bits per heavy atom. The van der Waals surface area contributed by atoms with Crippen LogP contribution in [0.4, 0.5) is 4.79 Å². The first-order valence-corrected chi connectivity index (χ1v) is 10.5. The molecule has 1 aliphatic carbocycles. The van der Waals surface area contributed by atoms with Crippen molar-refractivity contribution >= 4 is 23.7 Å². The van der Waals surface area contributed by atoms with E-state index in [0.29, 0.717) is 5.02 Å². The number of aliphatic carboxylic acids is 1. The normalized spacial score (nSPS) is 16.9. The van der Waals surface area contributed by atoms with Crippen molar-refractivity contribution in [2.24, 2.45) is 0 Å². The molecule has 0 aromatic heterocycles. The van der Waals surface area contributed by atoms with Gasteiger partial charge in [-0.05, 0) is 45.5 Å². The maximum absolute atomic E-state index is 13.0. The van der Waals surface area contributed by atoms with Gasteiger partial charge in [-0.25, -0.2) is 9.59 Å². The smallest absolute Gasteiger partial charge is 0.410 e. The fraction of sp³-hybridized carbons (Fsp3) is 0.200. The molecule has 6 heteroatoms. The van der Waals surface area contributed by atoms with Gasteiger partial charge in [-0.15, -0.1) is 0 Å². The van der Waals surface area contributed by atoms with E-state index in [4.69, 9.17) is 16.3 Å². The molecule has 0 fully saturated rings. The van der Waals surface area contributed by atoms with E-state index in [2.05, 4.69) is 12.1 Å². The van der Waals surface area contributed by atoms with Crippen LogP contribution in [0.5, 0.6) is 0 Å². The van der Waals surface area contributed by atoms with Crippen LogP contribution < -0.4 is 0 Å². The first-order valence-electron chi connectivity index (χ1n) is 10.1.